The van der Waals surface area contributed by atoms with Gasteiger partial charge in [-0.2, -0.15) is 0 Å². The van der Waals surface area contributed by atoms with Gasteiger partial charge in [-0.3, -0.25) is 9.69 Å². The zero-order valence-corrected chi connectivity index (χ0v) is 10.6. The lowest BCUT2D eigenvalue weighted by Crippen LogP contribution is -2.45. The second-order valence-electron chi connectivity index (χ2n) is 5.30. The van der Waals surface area contributed by atoms with Crippen LogP contribution >= 0.6 is 0 Å². The number of nitrogens with one attached hydrogen (secondary N) is 1. The van der Waals surface area contributed by atoms with Crippen molar-refractivity contribution in [1.82, 2.24) is 10.2 Å². The zero-order valence-electron chi connectivity index (χ0n) is 10.6. The molecule has 90 valence electrons. The molecule has 0 heterocycles. The molecule has 15 heavy (non-hydrogen) atoms. The van der Waals surface area contributed by atoms with E-state index in [4.69, 9.17) is 5.73 Å². The summed E-state index contributed by atoms with van der Waals surface area (Å²) in [7, 11) is 1.94. The Bertz CT molecular complexity index is 196. The lowest BCUT2D eigenvalue weighted by atomic mass is 10.1. The van der Waals surface area contributed by atoms with E-state index in [2.05, 4.69) is 5.32 Å². The predicted molar refractivity (Wildman–Crippen MR) is 63.7 cm³/mol. The number of amides is 1. The van der Waals surface area contributed by atoms with Gasteiger partial charge in [0, 0.05) is 11.6 Å². The Morgan fingerprint density at radius 1 is 1.47 bits per heavy atom. The van der Waals surface area contributed by atoms with E-state index >= 15 is 0 Å². The highest BCUT2D eigenvalue weighted by atomic mass is 16.2. The number of nitrogens with zero attached hydrogens (tertiary/aromatic N) is 1. The third kappa shape index (κ3) is 9.69. The predicted octanol–water partition coefficient (Wildman–Crippen LogP) is 0.570. The summed E-state index contributed by atoms with van der Waals surface area (Å²) in [6.07, 6.45) is 0.916. The molecular weight excluding hydrogens is 190 g/mol. The largest absolute Gasteiger partial charge is 0.350 e. The van der Waals surface area contributed by atoms with Crippen LogP contribution in [0.5, 0.6) is 0 Å². The minimum absolute atomic E-state index is 0.0645. The fraction of sp³-hybridized carbons (Fsp3) is 0.909. The average Bonchev–Trinajstić information content (AvgIpc) is 1.96. The lowest BCUT2D eigenvalue weighted by molar-refractivity contribution is -0.123. The molecule has 0 rings (SSSR count). The molecule has 1 amide bonds. The van der Waals surface area contributed by atoms with E-state index in [1.807, 2.05) is 39.6 Å². The minimum atomic E-state index is -0.154. The fourth-order valence-corrected chi connectivity index (χ4v) is 1.21. The molecule has 0 spiro atoms. The molecule has 0 aromatic carbocycles. The summed E-state index contributed by atoms with van der Waals surface area (Å²) >= 11 is 0. The smallest absolute Gasteiger partial charge is 0.234 e. The highest BCUT2D eigenvalue weighted by molar-refractivity contribution is 5.78. The van der Waals surface area contributed by atoms with Gasteiger partial charge >= 0.3 is 0 Å². The van der Waals surface area contributed by atoms with Gasteiger partial charge in [-0.05, 0) is 47.7 Å². The minimum Gasteiger partial charge on any atom is -0.350 e. The van der Waals surface area contributed by atoms with E-state index in [0.717, 1.165) is 13.0 Å². The van der Waals surface area contributed by atoms with Crippen LogP contribution in [0.3, 0.4) is 0 Å². The normalized spacial score (nSPS) is 14.1. The number of nitrogens with two attached hydrogens (primary N) is 1. The molecule has 0 aromatic heterocycles. The van der Waals surface area contributed by atoms with Gasteiger partial charge in [0.05, 0.1) is 6.54 Å². The van der Waals surface area contributed by atoms with E-state index < -0.39 is 0 Å². The van der Waals surface area contributed by atoms with E-state index in [0.29, 0.717) is 6.54 Å². The Hall–Kier alpha value is -0.610. The van der Waals surface area contributed by atoms with Gasteiger partial charge in [-0.25, -0.2) is 0 Å². The van der Waals surface area contributed by atoms with Crippen LogP contribution in [0.2, 0.25) is 0 Å². The Balaban J connectivity index is 3.77. The molecule has 0 aromatic rings. The van der Waals surface area contributed by atoms with Crippen molar-refractivity contribution in [1.29, 1.82) is 0 Å². The average molecular weight is 215 g/mol. The summed E-state index contributed by atoms with van der Waals surface area (Å²) in [6, 6.07) is 0.193. The van der Waals surface area contributed by atoms with E-state index in [-0.39, 0.29) is 17.5 Å². The zero-order chi connectivity index (χ0) is 12.1. The Labute approximate surface area is 93.2 Å². The van der Waals surface area contributed by atoms with Crippen LogP contribution in [0, 0.1) is 0 Å². The van der Waals surface area contributed by atoms with Crippen LogP contribution < -0.4 is 11.1 Å². The maximum atomic E-state index is 11.5. The molecular formula is C11H25N3O. The molecule has 0 saturated carbocycles. The second kappa shape index (κ2) is 6.08. The molecule has 4 heteroatoms. The summed E-state index contributed by atoms with van der Waals surface area (Å²) < 4.78 is 0. The molecule has 0 aliphatic carbocycles. The standard InChI is InChI=1S/C11H25N3O/c1-9(12)6-7-14(5)8-10(15)13-11(2,3)4/h9H,6-8,12H2,1-5H3,(H,13,15). The van der Waals surface area contributed by atoms with Crippen LogP contribution in [0.1, 0.15) is 34.1 Å². The number of hydrogen-bond donors (Lipinski definition) is 2. The lowest BCUT2D eigenvalue weighted by Gasteiger charge is -2.23. The first kappa shape index (κ1) is 14.4. The monoisotopic (exact) mass is 215 g/mol. The summed E-state index contributed by atoms with van der Waals surface area (Å²) in [5, 5.41) is 2.93. The van der Waals surface area contributed by atoms with Gasteiger partial charge in [0.1, 0.15) is 0 Å². The van der Waals surface area contributed by atoms with Crippen molar-refractivity contribution in [3.8, 4) is 0 Å². The van der Waals surface area contributed by atoms with Gasteiger partial charge < -0.3 is 11.1 Å². The third-order valence-electron chi connectivity index (χ3n) is 1.89. The van der Waals surface area contributed by atoms with Gasteiger partial charge in [-0.1, -0.05) is 0 Å². The SMILES string of the molecule is CC(N)CCN(C)CC(=O)NC(C)(C)C. The van der Waals surface area contributed by atoms with Crippen molar-refractivity contribution in [2.75, 3.05) is 20.1 Å². The second-order valence-corrected chi connectivity index (χ2v) is 5.30. The fourth-order valence-electron chi connectivity index (χ4n) is 1.21. The van der Waals surface area contributed by atoms with Gasteiger partial charge in [0.25, 0.3) is 0 Å². The number of rotatable bonds is 5. The Morgan fingerprint density at radius 3 is 2.40 bits per heavy atom. The molecule has 1 unspecified atom stereocenters. The summed E-state index contributed by atoms with van der Waals surface area (Å²) in [5.74, 6) is 0.0645. The topological polar surface area (TPSA) is 58.4 Å². The molecule has 0 radical (unpaired) electrons. The summed E-state index contributed by atoms with van der Waals surface area (Å²) in [4.78, 5) is 13.5. The number of carbonyl (C=O) groups is 1. The van der Waals surface area contributed by atoms with E-state index in [9.17, 15) is 4.79 Å². The van der Waals surface area contributed by atoms with Gasteiger partial charge in [-0.15, -0.1) is 0 Å². The van der Waals surface area contributed by atoms with E-state index in [1.165, 1.54) is 0 Å². The molecule has 0 aliphatic rings. The van der Waals surface area contributed by atoms with Crippen molar-refractivity contribution in [3.05, 3.63) is 0 Å². The van der Waals surface area contributed by atoms with E-state index in [1.54, 1.807) is 0 Å². The Kier molecular flexibility index (Phi) is 5.83. The van der Waals surface area contributed by atoms with Crippen molar-refractivity contribution in [3.63, 3.8) is 0 Å². The summed E-state index contributed by atoms with van der Waals surface area (Å²) in [6.45, 7) is 9.20. The van der Waals surface area contributed by atoms with Crippen molar-refractivity contribution >= 4 is 5.91 Å². The van der Waals surface area contributed by atoms with Crippen LogP contribution in [-0.2, 0) is 4.79 Å². The number of carbonyl (C=O) groups excluding carboxylic acids is 1. The molecule has 0 bridgehead atoms. The molecule has 0 fully saturated rings. The molecule has 4 nitrogen and oxygen atoms in total. The van der Waals surface area contributed by atoms with Gasteiger partial charge in [0.15, 0.2) is 0 Å². The highest BCUT2D eigenvalue weighted by Gasteiger charge is 2.14. The maximum Gasteiger partial charge on any atom is 0.234 e. The quantitative estimate of drug-likeness (QED) is 0.705. The molecule has 1 atom stereocenters. The van der Waals surface area contributed by atoms with Crippen LogP contribution in [-0.4, -0.2) is 42.5 Å². The third-order valence-corrected chi connectivity index (χ3v) is 1.89. The molecule has 0 aliphatic heterocycles. The number of likely N-dealkylation sites (N-methyl/N-ethyl adjacent to an activating group) is 1. The Morgan fingerprint density at radius 2 is 2.00 bits per heavy atom. The van der Waals surface area contributed by atoms with Crippen LogP contribution in [0.4, 0.5) is 0 Å². The summed E-state index contributed by atoms with van der Waals surface area (Å²) in [5.41, 5.74) is 5.49. The van der Waals surface area contributed by atoms with Crippen LogP contribution in [0.25, 0.3) is 0 Å². The molecule has 0 saturated heterocycles. The number of hydrogen-bond acceptors (Lipinski definition) is 3. The van der Waals surface area contributed by atoms with Crippen molar-refractivity contribution in [2.24, 2.45) is 5.73 Å². The van der Waals surface area contributed by atoms with Crippen molar-refractivity contribution < 1.29 is 4.79 Å². The molecule has 3 N–H and O–H groups in total. The maximum absolute atomic E-state index is 11.5. The van der Waals surface area contributed by atoms with Crippen LogP contribution in [0.15, 0.2) is 0 Å². The van der Waals surface area contributed by atoms with Gasteiger partial charge in [0.2, 0.25) is 5.91 Å². The highest BCUT2D eigenvalue weighted by Crippen LogP contribution is 1.98. The first-order valence-electron chi connectivity index (χ1n) is 5.46. The first-order chi connectivity index (χ1) is 6.70. The van der Waals surface area contributed by atoms with Crippen molar-refractivity contribution in [2.45, 2.75) is 45.7 Å². The first-order valence-corrected chi connectivity index (χ1v) is 5.46.